The van der Waals surface area contributed by atoms with Crippen LogP contribution in [0, 0.1) is 0 Å². The largest absolute Gasteiger partial charge is 0.479 e. The van der Waals surface area contributed by atoms with Crippen molar-refractivity contribution in [1.82, 2.24) is 0 Å². The Morgan fingerprint density at radius 3 is 1.60 bits per heavy atom. The van der Waals surface area contributed by atoms with Crippen molar-refractivity contribution in [2.24, 2.45) is 0 Å². The molecule has 1 unspecified atom stereocenters. The van der Waals surface area contributed by atoms with Crippen molar-refractivity contribution in [1.29, 1.82) is 0 Å². The van der Waals surface area contributed by atoms with E-state index in [-0.39, 0.29) is 0 Å². The molecular weight excluding hydrogens is 156 g/mol. The third kappa shape index (κ3) is 25.6. The molecule has 1 atom stereocenters. The maximum absolute atomic E-state index is 9.56. The smallest absolute Gasteiger partial charge is 0.332 e. The monoisotopic (exact) mass is 168 g/mol. The van der Waals surface area contributed by atoms with Crippen molar-refractivity contribution in [2.75, 3.05) is 12.5 Å². The number of aliphatic hydroxyl groups is 1. The lowest BCUT2D eigenvalue weighted by Crippen LogP contribution is -2.13. The number of rotatable bonds is 1. The highest BCUT2D eigenvalue weighted by atomic mass is 32.2. The molecule has 0 amide bonds. The molecule has 0 fully saturated rings. The minimum absolute atomic E-state index is 0.611. The van der Waals surface area contributed by atoms with E-state index in [1.54, 1.807) is 12.5 Å². The zero-order chi connectivity index (χ0) is 8.73. The third-order valence-electron chi connectivity index (χ3n) is 0.357. The third-order valence-corrected chi connectivity index (χ3v) is 0.357. The van der Waals surface area contributed by atoms with Gasteiger partial charge in [0.15, 0.2) is 0 Å². The summed E-state index contributed by atoms with van der Waals surface area (Å²) in [6.45, 7) is 1.20. The minimum Gasteiger partial charge on any atom is -0.479 e. The highest BCUT2D eigenvalue weighted by Crippen LogP contribution is 1.73. The first-order valence-corrected chi connectivity index (χ1v) is 4.50. The molecule has 0 aliphatic heterocycles. The van der Waals surface area contributed by atoms with Gasteiger partial charge in [-0.15, -0.1) is 0 Å². The molecule has 62 valence electrons. The van der Waals surface area contributed by atoms with Crippen LogP contribution in [0.1, 0.15) is 6.92 Å². The Balaban J connectivity index is 0. The van der Waals surface area contributed by atoms with Crippen LogP contribution in [0.15, 0.2) is 0 Å². The van der Waals surface area contributed by atoms with Crippen LogP contribution in [0.4, 0.5) is 0 Å². The Morgan fingerprint density at radius 2 is 1.60 bits per heavy atom. The molecule has 0 radical (unpaired) electrons. The molecule has 0 aromatic carbocycles. The number of hydrogen-bond donors (Lipinski definition) is 2. The molecule has 0 aliphatic rings. The SMILES string of the molecule is CC(O)C(=O)O.CS(C)=O. The van der Waals surface area contributed by atoms with Crippen LogP contribution < -0.4 is 0 Å². The molecule has 4 nitrogen and oxygen atoms in total. The Morgan fingerprint density at radius 1 is 1.50 bits per heavy atom. The summed E-state index contributed by atoms with van der Waals surface area (Å²) in [6.07, 6.45) is 2.05. The van der Waals surface area contributed by atoms with Crippen molar-refractivity contribution < 1.29 is 19.2 Å². The summed E-state index contributed by atoms with van der Waals surface area (Å²) in [7, 11) is -0.611. The van der Waals surface area contributed by atoms with Gasteiger partial charge in [-0.25, -0.2) is 4.79 Å². The Kier molecular flexibility index (Phi) is 8.22. The van der Waals surface area contributed by atoms with Gasteiger partial charge in [-0.1, -0.05) is 0 Å². The maximum Gasteiger partial charge on any atom is 0.332 e. The molecule has 0 bridgehead atoms. The van der Waals surface area contributed by atoms with Gasteiger partial charge in [-0.2, -0.15) is 0 Å². The lowest BCUT2D eigenvalue weighted by molar-refractivity contribution is -0.145. The summed E-state index contributed by atoms with van der Waals surface area (Å²) in [5.74, 6) is -1.19. The first-order chi connectivity index (χ1) is 4.37. The molecule has 0 aromatic rings. The highest BCUT2D eigenvalue weighted by molar-refractivity contribution is 7.83. The van der Waals surface area contributed by atoms with E-state index in [1.165, 1.54) is 6.92 Å². The van der Waals surface area contributed by atoms with Crippen LogP contribution in [0.3, 0.4) is 0 Å². The molecule has 0 saturated heterocycles. The number of hydrogen-bond acceptors (Lipinski definition) is 3. The number of carboxylic acids is 1. The number of carbonyl (C=O) groups is 1. The van der Waals surface area contributed by atoms with Gasteiger partial charge in [0.2, 0.25) is 0 Å². The Hall–Kier alpha value is -0.420. The van der Waals surface area contributed by atoms with E-state index in [0.29, 0.717) is 0 Å². The standard InChI is InChI=1S/C3H6O3.C2H6OS/c1-2(4)3(5)6;1-4(2)3/h2,4H,1H3,(H,5,6);1-2H3. The average Bonchev–Trinajstić information content (AvgIpc) is 1.63. The lowest BCUT2D eigenvalue weighted by atomic mass is 10.4. The number of aliphatic carboxylic acids is 1. The van der Waals surface area contributed by atoms with Crippen molar-refractivity contribution in [3.63, 3.8) is 0 Å². The van der Waals surface area contributed by atoms with E-state index in [9.17, 15) is 9.00 Å². The zero-order valence-corrected chi connectivity index (χ0v) is 7.01. The Labute approximate surface area is 62.3 Å². The average molecular weight is 168 g/mol. The van der Waals surface area contributed by atoms with E-state index < -0.39 is 22.9 Å². The van der Waals surface area contributed by atoms with Gasteiger partial charge in [0.25, 0.3) is 0 Å². The van der Waals surface area contributed by atoms with Gasteiger partial charge in [-0.3, -0.25) is 4.21 Å². The molecular formula is C5H12O4S. The normalized spacial score (nSPS) is 11.7. The summed E-state index contributed by atoms with van der Waals surface area (Å²) in [5.41, 5.74) is 0. The second kappa shape index (κ2) is 6.70. The number of carboxylic acid groups (broad SMARTS) is 1. The fourth-order valence-corrected chi connectivity index (χ4v) is 0. The van der Waals surface area contributed by atoms with Crippen LogP contribution in [-0.4, -0.2) is 39.0 Å². The summed E-state index contributed by atoms with van der Waals surface area (Å²) < 4.78 is 9.56. The van der Waals surface area contributed by atoms with Gasteiger partial charge < -0.3 is 10.2 Å². The van der Waals surface area contributed by atoms with Crippen LogP contribution in [0.5, 0.6) is 0 Å². The van der Waals surface area contributed by atoms with Crippen molar-refractivity contribution in [2.45, 2.75) is 13.0 Å². The first-order valence-electron chi connectivity index (χ1n) is 2.54. The predicted molar refractivity (Wildman–Crippen MR) is 39.3 cm³/mol. The Bertz CT molecular complexity index is 117. The van der Waals surface area contributed by atoms with Gasteiger partial charge >= 0.3 is 5.97 Å². The molecule has 2 N–H and O–H groups in total. The van der Waals surface area contributed by atoms with Gasteiger partial charge in [0.05, 0.1) is 0 Å². The molecule has 0 rings (SSSR count). The highest BCUT2D eigenvalue weighted by Gasteiger charge is 2.01. The van der Waals surface area contributed by atoms with Gasteiger partial charge in [-0.05, 0) is 6.92 Å². The fraction of sp³-hybridized carbons (Fsp3) is 0.800. The maximum atomic E-state index is 9.56. The van der Waals surface area contributed by atoms with E-state index >= 15 is 0 Å². The lowest BCUT2D eigenvalue weighted by Gasteiger charge is -1.89. The topological polar surface area (TPSA) is 74.6 Å². The molecule has 0 aliphatic carbocycles. The van der Waals surface area contributed by atoms with E-state index in [2.05, 4.69) is 0 Å². The van der Waals surface area contributed by atoms with Crippen LogP contribution in [0.2, 0.25) is 0 Å². The van der Waals surface area contributed by atoms with Crippen molar-refractivity contribution in [3.8, 4) is 0 Å². The summed E-state index contributed by atoms with van der Waals surface area (Å²) in [5, 5.41) is 15.8. The van der Waals surface area contributed by atoms with E-state index in [0.717, 1.165) is 0 Å². The van der Waals surface area contributed by atoms with Crippen molar-refractivity contribution >= 4 is 16.8 Å². The summed E-state index contributed by atoms with van der Waals surface area (Å²) in [4.78, 5) is 9.45. The molecule has 5 heteroatoms. The zero-order valence-electron chi connectivity index (χ0n) is 6.20. The number of aliphatic hydroxyl groups excluding tert-OH is 1. The summed E-state index contributed by atoms with van der Waals surface area (Å²) in [6, 6.07) is 0. The predicted octanol–water partition coefficient (Wildman–Crippen LogP) is -0.554. The van der Waals surface area contributed by atoms with Crippen LogP contribution in [-0.2, 0) is 15.6 Å². The molecule has 0 spiro atoms. The minimum atomic E-state index is -1.23. The van der Waals surface area contributed by atoms with Crippen molar-refractivity contribution in [3.05, 3.63) is 0 Å². The van der Waals surface area contributed by atoms with Crippen LogP contribution in [0.25, 0.3) is 0 Å². The van der Waals surface area contributed by atoms with E-state index in [4.69, 9.17) is 10.2 Å². The van der Waals surface area contributed by atoms with Gasteiger partial charge in [0, 0.05) is 23.3 Å². The fourth-order valence-electron chi connectivity index (χ4n) is 0. The first kappa shape index (κ1) is 12.3. The molecule has 0 heterocycles. The van der Waals surface area contributed by atoms with Crippen LogP contribution >= 0.6 is 0 Å². The molecule has 0 aromatic heterocycles. The second-order valence-electron chi connectivity index (χ2n) is 1.76. The molecule has 0 saturated carbocycles. The molecule has 10 heavy (non-hydrogen) atoms. The van der Waals surface area contributed by atoms with E-state index in [1.807, 2.05) is 0 Å². The quantitative estimate of drug-likeness (QED) is 0.550. The van der Waals surface area contributed by atoms with Gasteiger partial charge in [0.1, 0.15) is 6.10 Å². The second-order valence-corrected chi connectivity index (χ2v) is 3.24. The summed E-state index contributed by atoms with van der Waals surface area (Å²) >= 11 is 0.